The molecule has 0 saturated heterocycles. The van der Waals surface area contributed by atoms with E-state index in [-0.39, 0.29) is 12.5 Å². The van der Waals surface area contributed by atoms with Crippen molar-refractivity contribution < 1.29 is 14.3 Å². The fraction of sp³-hybridized carbons (Fsp3) is 0.316. The molecule has 2 aromatic rings. The number of hydrogen-bond donors (Lipinski definition) is 1. The third-order valence-corrected chi connectivity index (χ3v) is 3.94. The van der Waals surface area contributed by atoms with Crippen molar-refractivity contribution >= 4 is 11.6 Å². The van der Waals surface area contributed by atoms with Crippen molar-refractivity contribution in [2.75, 3.05) is 31.6 Å². The number of benzene rings is 2. The third kappa shape index (κ3) is 3.98. The highest BCUT2D eigenvalue weighted by Crippen LogP contribution is 2.32. The first-order chi connectivity index (χ1) is 11.8. The van der Waals surface area contributed by atoms with Crippen LogP contribution in [0.4, 0.5) is 5.69 Å². The van der Waals surface area contributed by atoms with E-state index in [0.29, 0.717) is 26.3 Å². The topological polar surface area (TPSA) is 50.8 Å². The highest BCUT2D eigenvalue weighted by molar-refractivity contribution is 5.81. The molecule has 0 aliphatic carbocycles. The van der Waals surface area contributed by atoms with Gasteiger partial charge in [0.2, 0.25) is 5.91 Å². The molecule has 126 valence electrons. The minimum absolute atomic E-state index is 0.0660. The Hall–Kier alpha value is -2.69. The van der Waals surface area contributed by atoms with Gasteiger partial charge in [0.1, 0.15) is 13.2 Å². The summed E-state index contributed by atoms with van der Waals surface area (Å²) in [5.41, 5.74) is 1.98. The third-order valence-electron chi connectivity index (χ3n) is 3.94. The minimum atomic E-state index is 0.0660. The first-order valence-corrected chi connectivity index (χ1v) is 8.21. The van der Waals surface area contributed by atoms with E-state index >= 15 is 0 Å². The van der Waals surface area contributed by atoms with Gasteiger partial charge in [-0.15, -0.1) is 0 Å². The summed E-state index contributed by atoms with van der Waals surface area (Å²) in [6.07, 6.45) is 0. The summed E-state index contributed by atoms with van der Waals surface area (Å²) in [6, 6.07) is 15.6. The van der Waals surface area contributed by atoms with Crippen molar-refractivity contribution in [2.24, 2.45) is 0 Å². The van der Waals surface area contributed by atoms with Crippen molar-refractivity contribution in [1.82, 2.24) is 4.90 Å². The van der Waals surface area contributed by atoms with Crippen LogP contribution in [0.3, 0.4) is 0 Å². The van der Waals surface area contributed by atoms with E-state index in [1.165, 1.54) is 0 Å². The number of carbonyl (C=O) groups excluding carboxylic acids is 1. The van der Waals surface area contributed by atoms with Crippen LogP contribution >= 0.6 is 0 Å². The Labute approximate surface area is 142 Å². The van der Waals surface area contributed by atoms with Gasteiger partial charge in [-0.2, -0.15) is 0 Å². The Morgan fingerprint density at radius 3 is 2.58 bits per heavy atom. The quantitative estimate of drug-likeness (QED) is 0.887. The fourth-order valence-electron chi connectivity index (χ4n) is 2.62. The number of hydrogen-bond acceptors (Lipinski definition) is 4. The lowest BCUT2D eigenvalue weighted by Gasteiger charge is -2.22. The molecule has 0 unspecified atom stereocenters. The zero-order chi connectivity index (χ0) is 16.8. The van der Waals surface area contributed by atoms with Gasteiger partial charge in [0.15, 0.2) is 11.5 Å². The number of likely N-dealkylation sites (N-methyl/N-ethyl adjacent to an activating group) is 1. The fourth-order valence-corrected chi connectivity index (χ4v) is 2.62. The highest BCUT2D eigenvalue weighted by Gasteiger charge is 2.14. The second kappa shape index (κ2) is 7.73. The zero-order valence-electron chi connectivity index (χ0n) is 13.8. The number of rotatable bonds is 6. The molecule has 1 aliphatic rings. The van der Waals surface area contributed by atoms with Gasteiger partial charge in [0.05, 0.1) is 6.54 Å². The zero-order valence-corrected chi connectivity index (χ0v) is 13.8. The molecule has 24 heavy (non-hydrogen) atoms. The summed E-state index contributed by atoms with van der Waals surface area (Å²) in [5.74, 6) is 1.53. The monoisotopic (exact) mass is 326 g/mol. The molecule has 0 atom stereocenters. The average molecular weight is 326 g/mol. The van der Waals surface area contributed by atoms with Crippen molar-refractivity contribution in [1.29, 1.82) is 0 Å². The Kier molecular flexibility index (Phi) is 5.21. The first-order valence-electron chi connectivity index (χ1n) is 8.21. The molecule has 0 radical (unpaired) electrons. The number of nitrogens with one attached hydrogen (secondary N) is 1. The number of nitrogens with zero attached hydrogens (tertiary/aromatic N) is 1. The van der Waals surface area contributed by atoms with Crippen molar-refractivity contribution in [3.63, 3.8) is 0 Å². The van der Waals surface area contributed by atoms with Crippen molar-refractivity contribution in [3.8, 4) is 11.5 Å². The summed E-state index contributed by atoms with van der Waals surface area (Å²) in [5, 5.41) is 3.17. The maximum Gasteiger partial charge on any atom is 0.242 e. The van der Waals surface area contributed by atoms with Crippen molar-refractivity contribution in [2.45, 2.75) is 13.5 Å². The summed E-state index contributed by atoms with van der Waals surface area (Å²) >= 11 is 0. The van der Waals surface area contributed by atoms with Crippen LogP contribution in [-0.2, 0) is 11.3 Å². The van der Waals surface area contributed by atoms with Crippen LogP contribution in [0, 0.1) is 0 Å². The molecule has 1 amide bonds. The summed E-state index contributed by atoms with van der Waals surface area (Å²) < 4.78 is 11.1. The SMILES string of the molecule is CCN(Cc1ccccc1)C(=O)CNc1ccc2c(c1)OCCO2. The van der Waals surface area contributed by atoms with Gasteiger partial charge < -0.3 is 19.7 Å². The normalized spacial score (nSPS) is 12.5. The Balaban J connectivity index is 1.57. The molecule has 5 heteroatoms. The van der Waals surface area contributed by atoms with Crippen LogP contribution in [0.15, 0.2) is 48.5 Å². The maximum absolute atomic E-state index is 12.4. The molecular weight excluding hydrogens is 304 g/mol. The lowest BCUT2D eigenvalue weighted by Crippen LogP contribution is -2.34. The van der Waals surface area contributed by atoms with Gasteiger partial charge in [-0.05, 0) is 24.6 Å². The van der Waals surface area contributed by atoms with Crippen LogP contribution in [0.1, 0.15) is 12.5 Å². The van der Waals surface area contributed by atoms with Gasteiger partial charge in [0.25, 0.3) is 0 Å². The lowest BCUT2D eigenvalue weighted by atomic mass is 10.2. The van der Waals surface area contributed by atoms with Gasteiger partial charge in [-0.3, -0.25) is 4.79 Å². The average Bonchev–Trinajstić information content (AvgIpc) is 2.65. The maximum atomic E-state index is 12.4. The molecule has 3 rings (SSSR count). The minimum Gasteiger partial charge on any atom is -0.486 e. The molecule has 5 nitrogen and oxygen atoms in total. The lowest BCUT2D eigenvalue weighted by molar-refractivity contribution is -0.129. The second-order valence-electron chi connectivity index (χ2n) is 5.61. The predicted octanol–water partition coefficient (Wildman–Crippen LogP) is 2.92. The number of fused-ring (bicyclic) bond motifs is 1. The molecule has 0 spiro atoms. The van der Waals surface area contributed by atoms with E-state index in [1.807, 2.05) is 60.4 Å². The van der Waals surface area contributed by atoms with Crippen LogP contribution in [0.25, 0.3) is 0 Å². The molecule has 2 aromatic carbocycles. The standard InChI is InChI=1S/C19H22N2O3/c1-2-21(14-15-6-4-3-5-7-15)19(22)13-20-16-8-9-17-18(12-16)24-11-10-23-17/h3-9,12,20H,2,10-11,13-14H2,1H3. The molecule has 0 aromatic heterocycles. The molecule has 0 saturated carbocycles. The van der Waals surface area contributed by atoms with Crippen LogP contribution < -0.4 is 14.8 Å². The molecule has 0 fully saturated rings. The Bertz CT molecular complexity index is 688. The Morgan fingerprint density at radius 1 is 1.08 bits per heavy atom. The number of carbonyl (C=O) groups is 1. The smallest absolute Gasteiger partial charge is 0.242 e. The summed E-state index contributed by atoms with van der Waals surface area (Å²) in [7, 11) is 0. The number of ether oxygens (including phenoxy) is 2. The highest BCUT2D eigenvalue weighted by atomic mass is 16.6. The van der Waals surface area contributed by atoms with Gasteiger partial charge >= 0.3 is 0 Å². The second-order valence-corrected chi connectivity index (χ2v) is 5.61. The van der Waals surface area contributed by atoms with E-state index in [9.17, 15) is 4.79 Å². The van der Waals surface area contributed by atoms with Gasteiger partial charge in [-0.1, -0.05) is 30.3 Å². The van der Waals surface area contributed by atoms with E-state index in [2.05, 4.69) is 5.32 Å². The molecule has 1 N–H and O–H groups in total. The predicted molar refractivity (Wildman–Crippen MR) is 93.5 cm³/mol. The van der Waals surface area contributed by atoms with Gasteiger partial charge in [0, 0.05) is 24.8 Å². The van der Waals surface area contributed by atoms with Crippen LogP contribution in [0.5, 0.6) is 11.5 Å². The van der Waals surface area contributed by atoms with Crippen molar-refractivity contribution in [3.05, 3.63) is 54.1 Å². The number of amides is 1. The summed E-state index contributed by atoms with van der Waals surface area (Å²) in [6.45, 7) is 4.67. The molecule has 1 aliphatic heterocycles. The van der Waals surface area contributed by atoms with Crippen LogP contribution in [0.2, 0.25) is 0 Å². The Morgan fingerprint density at radius 2 is 1.83 bits per heavy atom. The number of anilines is 1. The summed E-state index contributed by atoms with van der Waals surface area (Å²) in [4.78, 5) is 14.3. The van der Waals surface area contributed by atoms with Gasteiger partial charge in [-0.25, -0.2) is 0 Å². The molecule has 1 heterocycles. The first kappa shape index (κ1) is 16.2. The van der Waals surface area contributed by atoms with E-state index < -0.39 is 0 Å². The van der Waals surface area contributed by atoms with Crippen LogP contribution in [-0.4, -0.2) is 37.1 Å². The largest absolute Gasteiger partial charge is 0.486 e. The van der Waals surface area contributed by atoms with E-state index in [1.54, 1.807) is 0 Å². The van der Waals surface area contributed by atoms with E-state index in [4.69, 9.17) is 9.47 Å². The molecule has 0 bridgehead atoms. The molecular formula is C19H22N2O3. The van der Waals surface area contributed by atoms with E-state index in [0.717, 1.165) is 22.7 Å².